The standard InChI is InChI=1S/C21H19N3O6/c1-13(2)14-4-8-16(9-5-14)29-19-18(24(26)27)20(23-12-22-19)30-17-10-6-15(7-11-17)21(25)28-3/h4-13H,1-3H3. The van der Waals surface area contributed by atoms with Crippen molar-refractivity contribution >= 4 is 11.7 Å². The third-order valence-corrected chi connectivity index (χ3v) is 4.19. The van der Waals surface area contributed by atoms with Gasteiger partial charge in [0.2, 0.25) is 0 Å². The van der Waals surface area contributed by atoms with E-state index in [-0.39, 0.29) is 17.5 Å². The second-order valence-electron chi connectivity index (χ2n) is 6.53. The van der Waals surface area contributed by atoms with Gasteiger partial charge >= 0.3 is 23.4 Å². The molecule has 0 aliphatic heterocycles. The number of ether oxygens (including phenoxy) is 3. The van der Waals surface area contributed by atoms with Crippen molar-refractivity contribution in [2.75, 3.05) is 7.11 Å². The molecule has 0 amide bonds. The van der Waals surface area contributed by atoms with Crippen LogP contribution in [0.2, 0.25) is 0 Å². The van der Waals surface area contributed by atoms with Crippen molar-refractivity contribution in [2.24, 2.45) is 0 Å². The van der Waals surface area contributed by atoms with Crippen LogP contribution in [0.4, 0.5) is 5.69 Å². The minimum atomic E-state index is -0.671. The molecule has 2 aromatic carbocycles. The second kappa shape index (κ2) is 8.99. The highest BCUT2D eigenvalue weighted by Gasteiger charge is 2.27. The first-order valence-corrected chi connectivity index (χ1v) is 9.02. The maximum Gasteiger partial charge on any atom is 0.393 e. The Morgan fingerprint density at radius 1 is 0.933 bits per heavy atom. The highest BCUT2D eigenvalue weighted by molar-refractivity contribution is 5.89. The Bertz CT molecular complexity index is 1050. The summed E-state index contributed by atoms with van der Waals surface area (Å²) in [4.78, 5) is 30.2. The van der Waals surface area contributed by atoms with Gasteiger partial charge in [0.05, 0.1) is 17.6 Å². The Labute approximate surface area is 172 Å². The molecule has 0 saturated heterocycles. The summed E-state index contributed by atoms with van der Waals surface area (Å²) in [6.07, 6.45) is 1.11. The molecular formula is C21H19N3O6. The van der Waals surface area contributed by atoms with Gasteiger partial charge in [0.25, 0.3) is 0 Å². The topological polar surface area (TPSA) is 114 Å². The molecule has 0 spiro atoms. The fourth-order valence-corrected chi connectivity index (χ4v) is 2.57. The van der Waals surface area contributed by atoms with Crippen LogP contribution in [0.3, 0.4) is 0 Å². The van der Waals surface area contributed by atoms with Crippen LogP contribution in [0.25, 0.3) is 0 Å². The molecule has 0 N–H and O–H groups in total. The van der Waals surface area contributed by atoms with E-state index in [1.165, 1.54) is 31.4 Å². The Morgan fingerprint density at radius 2 is 1.43 bits per heavy atom. The van der Waals surface area contributed by atoms with E-state index in [0.29, 0.717) is 17.2 Å². The number of rotatable bonds is 7. The van der Waals surface area contributed by atoms with Crippen LogP contribution >= 0.6 is 0 Å². The van der Waals surface area contributed by atoms with E-state index in [1.54, 1.807) is 12.1 Å². The minimum absolute atomic E-state index is 0.242. The molecule has 3 aromatic rings. The maximum absolute atomic E-state index is 11.7. The van der Waals surface area contributed by atoms with Crippen LogP contribution in [-0.4, -0.2) is 28.0 Å². The number of esters is 1. The van der Waals surface area contributed by atoms with Gasteiger partial charge in [-0.3, -0.25) is 10.1 Å². The zero-order valence-corrected chi connectivity index (χ0v) is 16.6. The Hall–Kier alpha value is -4.01. The van der Waals surface area contributed by atoms with Crippen molar-refractivity contribution < 1.29 is 23.9 Å². The molecule has 30 heavy (non-hydrogen) atoms. The average molecular weight is 409 g/mol. The summed E-state index contributed by atoms with van der Waals surface area (Å²) in [5.41, 5.74) is 0.914. The minimum Gasteiger partial charge on any atom is -0.465 e. The zero-order valence-electron chi connectivity index (χ0n) is 16.6. The van der Waals surface area contributed by atoms with Crippen LogP contribution in [0.1, 0.15) is 35.7 Å². The smallest absolute Gasteiger partial charge is 0.393 e. The third kappa shape index (κ3) is 4.69. The van der Waals surface area contributed by atoms with Gasteiger partial charge in [-0.1, -0.05) is 26.0 Å². The largest absolute Gasteiger partial charge is 0.465 e. The molecule has 154 valence electrons. The van der Waals surface area contributed by atoms with Gasteiger partial charge in [-0.05, 0) is 47.9 Å². The summed E-state index contributed by atoms with van der Waals surface area (Å²) >= 11 is 0. The van der Waals surface area contributed by atoms with E-state index in [2.05, 4.69) is 28.6 Å². The molecule has 0 saturated carbocycles. The Kier molecular flexibility index (Phi) is 6.21. The summed E-state index contributed by atoms with van der Waals surface area (Å²) in [6, 6.07) is 13.1. The van der Waals surface area contributed by atoms with Crippen molar-refractivity contribution in [3.8, 4) is 23.3 Å². The lowest BCUT2D eigenvalue weighted by Crippen LogP contribution is -2.02. The molecule has 1 aromatic heterocycles. The fraction of sp³-hybridized carbons (Fsp3) is 0.190. The quantitative estimate of drug-likeness (QED) is 0.308. The number of methoxy groups -OCH3 is 1. The number of hydrogen-bond acceptors (Lipinski definition) is 8. The van der Waals surface area contributed by atoms with Crippen LogP contribution in [0.5, 0.6) is 23.3 Å². The zero-order chi connectivity index (χ0) is 21.7. The number of aromatic nitrogens is 2. The normalized spacial score (nSPS) is 10.5. The van der Waals surface area contributed by atoms with Gasteiger partial charge in [-0.15, -0.1) is 0 Å². The molecule has 0 aliphatic rings. The van der Waals surface area contributed by atoms with Crippen molar-refractivity contribution in [2.45, 2.75) is 19.8 Å². The van der Waals surface area contributed by atoms with E-state index in [9.17, 15) is 14.9 Å². The molecule has 9 nitrogen and oxygen atoms in total. The summed E-state index contributed by atoms with van der Waals surface area (Å²) < 4.78 is 15.8. The summed E-state index contributed by atoms with van der Waals surface area (Å²) in [5.74, 6) is -0.0406. The molecule has 0 fully saturated rings. The van der Waals surface area contributed by atoms with Crippen LogP contribution in [0.15, 0.2) is 54.9 Å². The highest BCUT2D eigenvalue weighted by Crippen LogP contribution is 2.37. The third-order valence-electron chi connectivity index (χ3n) is 4.19. The second-order valence-corrected chi connectivity index (χ2v) is 6.53. The average Bonchev–Trinajstić information content (AvgIpc) is 2.74. The number of hydrogen-bond donors (Lipinski definition) is 0. The molecule has 3 rings (SSSR count). The Morgan fingerprint density at radius 3 is 1.87 bits per heavy atom. The maximum atomic E-state index is 11.7. The van der Waals surface area contributed by atoms with Crippen LogP contribution < -0.4 is 9.47 Å². The van der Waals surface area contributed by atoms with Crippen molar-refractivity contribution in [3.05, 3.63) is 76.1 Å². The van der Waals surface area contributed by atoms with Gasteiger partial charge in [0.15, 0.2) is 0 Å². The number of nitrogens with zero attached hydrogens (tertiary/aromatic N) is 3. The summed E-state index contributed by atoms with van der Waals surface area (Å²) in [5, 5.41) is 11.7. The predicted octanol–water partition coefficient (Wildman–Crippen LogP) is 4.88. The SMILES string of the molecule is COC(=O)c1ccc(Oc2ncnc(Oc3ccc(C(C)C)cc3)c2[N+](=O)[O-])cc1. The van der Waals surface area contributed by atoms with E-state index in [4.69, 9.17) is 9.47 Å². The lowest BCUT2D eigenvalue weighted by Gasteiger charge is -2.10. The molecule has 0 atom stereocenters. The predicted molar refractivity (Wildman–Crippen MR) is 107 cm³/mol. The van der Waals surface area contributed by atoms with Crippen molar-refractivity contribution in [1.82, 2.24) is 9.97 Å². The number of benzene rings is 2. The molecule has 1 heterocycles. The Balaban J connectivity index is 1.87. The van der Waals surface area contributed by atoms with Crippen molar-refractivity contribution in [1.29, 1.82) is 0 Å². The number of nitro groups is 1. The number of carbonyl (C=O) groups is 1. The fourth-order valence-electron chi connectivity index (χ4n) is 2.57. The van der Waals surface area contributed by atoms with E-state index in [1.807, 2.05) is 12.1 Å². The lowest BCUT2D eigenvalue weighted by molar-refractivity contribution is -0.387. The molecule has 0 unspecified atom stereocenters. The number of carbonyl (C=O) groups excluding carboxylic acids is 1. The van der Waals surface area contributed by atoms with Crippen molar-refractivity contribution in [3.63, 3.8) is 0 Å². The molecular weight excluding hydrogens is 390 g/mol. The van der Waals surface area contributed by atoms with Crippen LogP contribution in [0, 0.1) is 10.1 Å². The molecule has 9 heteroatoms. The summed E-state index contributed by atoms with van der Waals surface area (Å²) in [7, 11) is 1.27. The van der Waals surface area contributed by atoms with E-state index < -0.39 is 16.6 Å². The van der Waals surface area contributed by atoms with Crippen LogP contribution in [-0.2, 0) is 4.74 Å². The van der Waals surface area contributed by atoms with Gasteiger partial charge in [-0.25, -0.2) is 4.79 Å². The molecule has 0 bridgehead atoms. The van der Waals surface area contributed by atoms with E-state index >= 15 is 0 Å². The highest BCUT2D eigenvalue weighted by atomic mass is 16.6. The van der Waals surface area contributed by atoms with Gasteiger partial charge in [-0.2, -0.15) is 9.97 Å². The monoisotopic (exact) mass is 409 g/mol. The molecule has 0 aliphatic carbocycles. The van der Waals surface area contributed by atoms with Gasteiger partial charge in [0.1, 0.15) is 17.8 Å². The van der Waals surface area contributed by atoms with Gasteiger partial charge in [0, 0.05) is 0 Å². The summed E-state index contributed by atoms with van der Waals surface area (Å²) in [6.45, 7) is 4.12. The lowest BCUT2D eigenvalue weighted by atomic mass is 10.0. The molecule has 0 radical (unpaired) electrons. The van der Waals surface area contributed by atoms with Gasteiger partial charge < -0.3 is 14.2 Å². The van der Waals surface area contributed by atoms with E-state index in [0.717, 1.165) is 11.9 Å². The first-order chi connectivity index (χ1) is 14.4. The first-order valence-electron chi connectivity index (χ1n) is 9.02. The first kappa shape index (κ1) is 20.7.